The van der Waals surface area contributed by atoms with Crippen LogP contribution in [0.25, 0.3) is 0 Å². The molecule has 0 aliphatic heterocycles. The normalized spacial score (nSPS) is 27.5. The van der Waals surface area contributed by atoms with Crippen LogP contribution in [0.1, 0.15) is 32.1 Å². The van der Waals surface area contributed by atoms with E-state index in [2.05, 4.69) is 17.1 Å². The number of hydrogen-bond donors (Lipinski definition) is 0. The van der Waals surface area contributed by atoms with E-state index >= 15 is 0 Å². The van der Waals surface area contributed by atoms with Crippen LogP contribution in [0.2, 0.25) is 8.94 Å². The number of rotatable bonds is 1. The molecule has 0 aromatic heterocycles. The van der Waals surface area contributed by atoms with Gasteiger partial charge in [-0.1, -0.05) is 0 Å². The van der Waals surface area contributed by atoms with Gasteiger partial charge in [0.2, 0.25) is 0 Å². The Morgan fingerprint density at radius 1 is 1.30 bits per heavy atom. The third-order valence-electron chi connectivity index (χ3n) is 2.01. The predicted octanol–water partition coefficient (Wildman–Crippen LogP) is 3.05. The van der Waals surface area contributed by atoms with Crippen molar-refractivity contribution in [3.8, 4) is 0 Å². The van der Waals surface area contributed by atoms with Gasteiger partial charge in [-0.25, -0.2) is 0 Å². The summed E-state index contributed by atoms with van der Waals surface area (Å²) < 4.78 is 1.02. The summed E-state index contributed by atoms with van der Waals surface area (Å²) >= 11 is 0.313. The standard InChI is InChI=1S/C9H16Te/c1-10-9-7-5-3-2-4-6-8-9/h5,7,9H,2-4,6,8H2,1H3. The van der Waals surface area contributed by atoms with Crippen molar-refractivity contribution in [1.29, 1.82) is 0 Å². The molecule has 0 saturated carbocycles. The van der Waals surface area contributed by atoms with Crippen molar-refractivity contribution in [2.24, 2.45) is 0 Å². The Hall–Kier alpha value is 0.530. The molecule has 0 amide bonds. The van der Waals surface area contributed by atoms with E-state index in [0.29, 0.717) is 20.9 Å². The maximum absolute atomic E-state index is 2.47. The van der Waals surface area contributed by atoms with Gasteiger partial charge < -0.3 is 0 Å². The second kappa shape index (κ2) is 5.22. The van der Waals surface area contributed by atoms with Crippen LogP contribution in [0.5, 0.6) is 0 Å². The molecule has 1 atom stereocenters. The molecule has 0 heterocycles. The molecule has 0 fully saturated rings. The van der Waals surface area contributed by atoms with Crippen molar-refractivity contribution in [3.63, 3.8) is 0 Å². The first-order chi connectivity index (χ1) is 4.93. The van der Waals surface area contributed by atoms with Crippen molar-refractivity contribution in [1.82, 2.24) is 0 Å². The van der Waals surface area contributed by atoms with E-state index in [-0.39, 0.29) is 0 Å². The van der Waals surface area contributed by atoms with Crippen molar-refractivity contribution < 1.29 is 0 Å². The molecule has 1 aliphatic carbocycles. The Bertz CT molecular complexity index is 107. The third-order valence-corrected chi connectivity index (χ3v) is 4.86. The quantitative estimate of drug-likeness (QED) is 0.497. The molecule has 1 unspecified atom stereocenters. The molecule has 0 spiro atoms. The van der Waals surface area contributed by atoms with Gasteiger partial charge in [0.1, 0.15) is 0 Å². The van der Waals surface area contributed by atoms with Gasteiger partial charge in [-0.05, 0) is 0 Å². The average Bonchev–Trinajstić information content (AvgIpc) is 1.87. The molecule has 1 rings (SSSR count). The van der Waals surface area contributed by atoms with E-state index < -0.39 is 0 Å². The minimum atomic E-state index is 0.313. The van der Waals surface area contributed by atoms with E-state index in [1.54, 1.807) is 0 Å². The summed E-state index contributed by atoms with van der Waals surface area (Å²) in [5, 5.41) is 0. The summed E-state index contributed by atoms with van der Waals surface area (Å²) in [5.74, 6) is 0. The molecular weight excluding hydrogens is 236 g/mol. The fourth-order valence-corrected chi connectivity index (χ4v) is 3.24. The maximum atomic E-state index is 2.47. The fourth-order valence-electron chi connectivity index (χ4n) is 1.33. The summed E-state index contributed by atoms with van der Waals surface area (Å²) in [6, 6.07) is 0. The fraction of sp³-hybridized carbons (Fsp3) is 0.778. The van der Waals surface area contributed by atoms with E-state index in [1.807, 2.05) is 0 Å². The van der Waals surface area contributed by atoms with Gasteiger partial charge >= 0.3 is 74.1 Å². The Labute approximate surface area is 74.2 Å². The number of allylic oxidation sites excluding steroid dienone is 2. The zero-order valence-electron chi connectivity index (χ0n) is 6.68. The summed E-state index contributed by atoms with van der Waals surface area (Å²) in [5.41, 5.74) is 0. The van der Waals surface area contributed by atoms with Gasteiger partial charge in [0.05, 0.1) is 0 Å². The van der Waals surface area contributed by atoms with Crippen molar-refractivity contribution in [2.45, 2.75) is 41.0 Å². The Morgan fingerprint density at radius 2 is 2.20 bits per heavy atom. The molecule has 0 saturated heterocycles. The van der Waals surface area contributed by atoms with Gasteiger partial charge in [-0.3, -0.25) is 0 Å². The second-order valence-electron chi connectivity index (χ2n) is 2.84. The van der Waals surface area contributed by atoms with Crippen molar-refractivity contribution >= 4 is 20.9 Å². The van der Waals surface area contributed by atoms with E-state index in [9.17, 15) is 0 Å². The summed E-state index contributed by atoms with van der Waals surface area (Å²) in [4.78, 5) is 2.42. The molecule has 0 aromatic rings. The number of hydrogen-bond acceptors (Lipinski definition) is 0. The third kappa shape index (κ3) is 3.08. The van der Waals surface area contributed by atoms with Crippen LogP contribution in [-0.2, 0) is 0 Å². The van der Waals surface area contributed by atoms with Crippen molar-refractivity contribution in [2.75, 3.05) is 0 Å². The molecule has 0 radical (unpaired) electrons. The predicted molar refractivity (Wildman–Crippen MR) is 47.6 cm³/mol. The van der Waals surface area contributed by atoms with Crippen LogP contribution >= 0.6 is 0 Å². The van der Waals surface area contributed by atoms with Crippen LogP contribution in [0.3, 0.4) is 0 Å². The molecule has 1 aliphatic rings. The molecular formula is C9H16Te. The van der Waals surface area contributed by atoms with Gasteiger partial charge in [-0.15, -0.1) is 0 Å². The van der Waals surface area contributed by atoms with Gasteiger partial charge in [0, 0.05) is 0 Å². The zero-order valence-corrected chi connectivity index (χ0v) is 9.01. The van der Waals surface area contributed by atoms with E-state index in [0.717, 1.165) is 3.97 Å². The van der Waals surface area contributed by atoms with Gasteiger partial charge in [0.25, 0.3) is 0 Å². The molecule has 58 valence electrons. The average molecular weight is 252 g/mol. The SMILES string of the molecule is C[Te]C1C=CCCCCC1. The van der Waals surface area contributed by atoms with E-state index in [1.165, 1.54) is 32.1 Å². The topological polar surface area (TPSA) is 0 Å². The van der Waals surface area contributed by atoms with Crippen molar-refractivity contribution in [3.05, 3.63) is 12.2 Å². The molecule has 0 N–H and O–H groups in total. The minimum absolute atomic E-state index is 0.313. The summed E-state index contributed by atoms with van der Waals surface area (Å²) in [6.45, 7) is 0. The molecule has 0 nitrogen and oxygen atoms in total. The molecule has 0 bridgehead atoms. The monoisotopic (exact) mass is 254 g/mol. The second-order valence-corrected chi connectivity index (χ2v) is 5.91. The molecule has 10 heavy (non-hydrogen) atoms. The van der Waals surface area contributed by atoms with Crippen LogP contribution < -0.4 is 0 Å². The molecule has 0 aromatic carbocycles. The van der Waals surface area contributed by atoms with Crippen LogP contribution in [0.4, 0.5) is 0 Å². The first-order valence-electron chi connectivity index (χ1n) is 4.13. The Kier molecular flexibility index (Phi) is 4.50. The molecule has 1 heteroatoms. The van der Waals surface area contributed by atoms with E-state index in [4.69, 9.17) is 0 Å². The van der Waals surface area contributed by atoms with Crippen LogP contribution in [0.15, 0.2) is 12.2 Å². The zero-order chi connectivity index (χ0) is 7.23. The Morgan fingerprint density at radius 3 is 3.00 bits per heavy atom. The summed E-state index contributed by atoms with van der Waals surface area (Å²) in [6.07, 6.45) is 12.1. The van der Waals surface area contributed by atoms with Crippen LogP contribution in [0, 0.1) is 0 Å². The van der Waals surface area contributed by atoms with Crippen LogP contribution in [-0.4, -0.2) is 20.9 Å². The van der Waals surface area contributed by atoms with Gasteiger partial charge in [0.15, 0.2) is 0 Å². The first kappa shape index (κ1) is 8.62. The summed E-state index contributed by atoms with van der Waals surface area (Å²) in [7, 11) is 0. The first-order valence-corrected chi connectivity index (χ1v) is 7.80. The Balaban J connectivity index is 2.33. The van der Waals surface area contributed by atoms with Gasteiger partial charge in [-0.2, -0.15) is 0 Å².